The first-order valence-electron chi connectivity index (χ1n) is 2.38. The van der Waals surface area contributed by atoms with Gasteiger partial charge in [-0.15, -0.1) is 12.6 Å². The van der Waals surface area contributed by atoms with Gasteiger partial charge < -0.3 is 4.57 Å². The zero-order valence-corrected chi connectivity index (χ0v) is 5.81. The lowest BCUT2D eigenvalue weighted by atomic mass is 10.6. The van der Waals surface area contributed by atoms with Gasteiger partial charge in [0.1, 0.15) is 0 Å². The second-order valence-electron chi connectivity index (χ2n) is 1.76. The molecule has 0 aromatic carbocycles. The second kappa shape index (κ2) is 1.82. The number of aromatic nitrogens is 2. The predicted octanol–water partition coefficient (Wildman–Crippen LogP) is 1.02. The Hall–Kier alpha value is -0.440. The lowest BCUT2D eigenvalue weighted by Gasteiger charge is -1.89. The molecule has 3 heteroatoms. The van der Waals surface area contributed by atoms with Crippen molar-refractivity contribution in [2.24, 2.45) is 7.05 Å². The lowest BCUT2D eigenvalue weighted by Crippen LogP contribution is -1.83. The molecule has 0 radical (unpaired) electrons. The van der Waals surface area contributed by atoms with Gasteiger partial charge in [-0.1, -0.05) is 0 Å². The van der Waals surface area contributed by atoms with E-state index in [1.165, 1.54) is 0 Å². The molecule has 1 rings (SSSR count). The number of rotatable bonds is 0. The van der Waals surface area contributed by atoms with Crippen molar-refractivity contribution in [3.8, 4) is 0 Å². The SMILES string of the molecule is Cc1ncn(C)c1S. The summed E-state index contributed by atoms with van der Waals surface area (Å²) in [5.41, 5.74) is 0.982. The molecule has 0 atom stereocenters. The van der Waals surface area contributed by atoms with E-state index in [-0.39, 0.29) is 0 Å². The number of aryl methyl sites for hydroxylation is 2. The van der Waals surface area contributed by atoms with E-state index in [0.717, 1.165) is 10.7 Å². The highest BCUT2D eigenvalue weighted by Crippen LogP contribution is 2.07. The number of hydrogen-bond donors (Lipinski definition) is 1. The molecular weight excluding hydrogens is 120 g/mol. The van der Waals surface area contributed by atoms with Gasteiger partial charge in [-0.05, 0) is 6.92 Å². The maximum absolute atomic E-state index is 4.16. The highest BCUT2D eigenvalue weighted by atomic mass is 32.1. The molecule has 2 nitrogen and oxygen atoms in total. The topological polar surface area (TPSA) is 17.8 Å². The minimum atomic E-state index is 0.935. The van der Waals surface area contributed by atoms with Crippen molar-refractivity contribution in [1.82, 2.24) is 9.55 Å². The van der Waals surface area contributed by atoms with Crippen LogP contribution >= 0.6 is 12.6 Å². The summed E-state index contributed by atoms with van der Waals surface area (Å²) < 4.78 is 1.87. The van der Waals surface area contributed by atoms with Crippen molar-refractivity contribution in [2.45, 2.75) is 11.9 Å². The Bertz CT molecular complexity index is 173. The second-order valence-corrected chi connectivity index (χ2v) is 2.19. The molecule has 0 saturated heterocycles. The minimum absolute atomic E-state index is 0.935. The molecule has 0 bridgehead atoms. The third-order valence-corrected chi connectivity index (χ3v) is 1.72. The van der Waals surface area contributed by atoms with E-state index < -0.39 is 0 Å². The average molecular weight is 128 g/mol. The third-order valence-electron chi connectivity index (χ3n) is 1.08. The molecule has 0 aliphatic heterocycles. The van der Waals surface area contributed by atoms with Gasteiger partial charge in [0.05, 0.1) is 17.0 Å². The largest absolute Gasteiger partial charge is 0.329 e. The van der Waals surface area contributed by atoms with Crippen LogP contribution in [0.5, 0.6) is 0 Å². The molecular formula is C5H8N2S. The van der Waals surface area contributed by atoms with Gasteiger partial charge in [-0.3, -0.25) is 0 Å². The Kier molecular flexibility index (Phi) is 1.29. The fourth-order valence-corrected chi connectivity index (χ4v) is 0.650. The minimum Gasteiger partial charge on any atom is -0.329 e. The number of nitrogens with zero attached hydrogens (tertiary/aromatic N) is 2. The van der Waals surface area contributed by atoms with E-state index in [2.05, 4.69) is 17.6 Å². The maximum atomic E-state index is 4.16. The Morgan fingerprint density at radius 1 is 1.75 bits per heavy atom. The molecule has 44 valence electrons. The van der Waals surface area contributed by atoms with E-state index in [1.54, 1.807) is 6.33 Å². The highest BCUT2D eigenvalue weighted by Gasteiger charge is 1.95. The lowest BCUT2D eigenvalue weighted by molar-refractivity contribution is 0.822. The summed E-state index contributed by atoms with van der Waals surface area (Å²) in [6, 6.07) is 0. The van der Waals surface area contributed by atoms with E-state index in [9.17, 15) is 0 Å². The Labute approximate surface area is 54.0 Å². The number of imidazole rings is 1. The van der Waals surface area contributed by atoms with Crippen LogP contribution in [0.1, 0.15) is 5.69 Å². The molecule has 0 saturated carbocycles. The molecule has 0 fully saturated rings. The zero-order valence-electron chi connectivity index (χ0n) is 4.92. The van der Waals surface area contributed by atoms with Crippen LogP contribution in [0, 0.1) is 6.92 Å². The van der Waals surface area contributed by atoms with Gasteiger partial charge in [0, 0.05) is 7.05 Å². The van der Waals surface area contributed by atoms with E-state index in [0.29, 0.717) is 0 Å². The van der Waals surface area contributed by atoms with Crippen molar-refractivity contribution in [1.29, 1.82) is 0 Å². The van der Waals surface area contributed by atoms with Gasteiger partial charge >= 0.3 is 0 Å². The number of thiol groups is 1. The van der Waals surface area contributed by atoms with Gasteiger partial charge in [0.15, 0.2) is 0 Å². The first-order valence-corrected chi connectivity index (χ1v) is 2.83. The molecule has 8 heavy (non-hydrogen) atoms. The Morgan fingerprint density at radius 3 is 2.50 bits per heavy atom. The standard InChI is InChI=1S/C5H8N2S/c1-4-5(8)7(2)3-6-4/h3,8H,1-2H3. The van der Waals surface area contributed by atoms with Crippen LogP contribution in [-0.4, -0.2) is 9.55 Å². The monoisotopic (exact) mass is 128 g/mol. The van der Waals surface area contributed by atoms with Gasteiger partial charge in [0.2, 0.25) is 0 Å². The Balaban J connectivity index is 3.19. The molecule has 1 aromatic rings. The smallest absolute Gasteiger partial charge is 0.0955 e. The van der Waals surface area contributed by atoms with Crippen LogP contribution in [0.4, 0.5) is 0 Å². The van der Waals surface area contributed by atoms with Gasteiger partial charge in [-0.25, -0.2) is 4.98 Å². The number of hydrogen-bond acceptors (Lipinski definition) is 2. The zero-order chi connectivity index (χ0) is 6.15. The van der Waals surface area contributed by atoms with Crippen molar-refractivity contribution >= 4 is 12.6 Å². The van der Waals surface area contributed by atoms with Crippen LogP contribution in [0.2, 0.25) is 0 Å². The molecule has 0 amide bonds. The molecule has 0 spiro atoms. The first-order chi connectivity index (χ1) is 3.72. The average Bonchev–Trinajstić information content (AvgIpc) is 1.98. The normalized spacial score (nSPS) is 9.88. The fourth-order valence-electron chi connectivity index (χ4n) is 0.541. The first kappa shape index (κ1) is 5.69. The quantitative estimate of drug-likeness (QED) is 0.516. The van der Waals surface area contributed by atoms with Crippen LogP contribution in [0.15, 0.2) is 11.4 Å². The summed E-state index contributed by atoms with van der Waals surface area (Å²) in [6.07, 6.45) is 1.75. The molecule has 0 N–H and O–H groups in total. The van der Waals surface area contributed by atoms with Gasteiger partial charge in [0.25, 0.3) is 0 Å². The Morgan fingerprint density at radius 2 is 2.38 bits per heavy atom. The summed E-state index contributed by atoms with van der Waals surface area (Å²) in [7, 11) is 1.92. The molecule has 1 heterocycles. The summed E-state index contributed by atoms with van der Waals surface area (Å²) in [6.45, 7) is 1.93. The van der Waals surface area contributed by atoms with Crippen molar-refractivity contribution in [3.05, 3.63) is 12.0 Å². The molecule has 1 aromatic heterocycles. The summed E-state index contributed by atoms with van der Waals surface area (Å²) in [5, 5.41) is 0.935. The molecule has 0 aliphatic rings. The van der Waals surface area contributed by atoms with Crippen molar-refractivity contribution < 1.29 is 0 Å². The highest BCUT2D eigenvalue weighted by molar-refractivity contribution is 7.80. The predicted molar refractivity (Wildman–Crippen MR) is 35.2 cm³/mol. The fraction of sp³-hybridized carbons (Fsp3) is 0.400. The third kappa shape index (κ3) is 0.733. The van der Waals surface area contributed by atoms with E-state index >= 15 is 0 Å². The van der Waals surface area contributed by atoms with Crippen LogP contribution < -0.4 is 0 Å². The van der Waals surface area contributed by atoms with Crippen LogP contribution in [0.3, 0.4) is 0 Å². The van der Waals surface area contributed by atoms with E-state index in [1.807, 2.05) is 18.5 Å². The van der Waals surface area contributed by atoms with Crippen molar-refractivity contribution in [3.63, 3.8) is 0 Å². The summed E-state index contributed by atoms with van der Waals surface area (Å²) in [5.74, 6) is 0. The van der Waals surface area contributed by atoms with Crippen LogP contribution in [0.25, 0.3) is 0 Å². The van der Waals surface area contributed by atoms with E-state index in [4.69, 9.17) is 0 Å². The van der Waals surface area contributed by atoms with Crippen molar-refractivity contribution in [2.75, 3.05) is 0 Å². The van der Waals surface area contributed by atoms with Crippen LogP contribution in [-0.2, 0) is 7.05 Å². The molecule has 0 aliphatic carbocycles. The maximum Gasteiger partial charge on any atom is 0.0955 e. The van der Waals surface area contributed by atoms with Gasteiger partial charge in [-0.2, -0.15) is 0 Å². The molecule has 0 unspecified atom stereocenters. The summed E-state index contributed by atoms with van der Waals surface area (Å²) in [4.78, 5) is 4.00. The summed E-state index contributed by atoms with van der Waals surface area (Å²) >= 11 is 4.16.